The summed E-state index contributed by atoms with van der Waals surface area (Å²) >= 11 is 0. The molecule has 130 valence electrons. The van der Waals surface area contributed by atoms with Crippen LogP contribution >= 0.6 is 0 Å². The van der Waals surface area contributed by atoms with Crippen molar-refractivity contribution in [1.82, 2.24) is 9.97 Å². The van der Waals surface area contributed by atoms with Gasteiger partial charge in [0.25, 0.3) is 0 Å². The summed E-state index contributed by atoms with van der Waals surface area (Å²) in [6.45, 7) is 6.13. The molecule has 2 aromatic rings. The molecule has 0 radical (unpaired) electrons. The third-order valence-electron chi connectivity index (χ3n) is 3.98. The molecule has 2 rings (SSSR count). The Morgan fingerprint density at radius 3 is 2.42 bits per heavy atom. The van der Waals surface area contributed by atoms with Crippen molar-refractivity contribution in [2.75, 3.05) is 19.5 Å². The number of halogens is 1. The molecule has 1 N–H and O–H groups in total. The number of aromatic nitrogens is 2. The summed E-state index contributed by atoms with van der Waals surface area (Å²) in [4.78, 5) is 9.18. The fourth-order valence-corrected chi connectivity index (χ4v) is 2.51. The summed E-state index contributed by atoms with van der Waals surface area (Å²) in [6.07, 6.45) is 1.99. The van der Waals surface area contributed by atoms with Crippen LogP contribution in [0.4, 0.5) is 10.2 Å². The van der Waals surface area contributed by atoms with Gasteiger partial charge in [0.1, 0.15) is 17.3 Å². The minimum absolute atomic E-state index is 0.328. The van der Waals surface area contributed by atoms with E-state index < -0.39 is 0 Å². The van der Waals surface area contributed by atoms with Gasteiger partial charge in [-0.1, -0.05) is 13.8 Å². The van der Waals surface area contributed by atoms with Gasteiger partial charge in [0, 0.05) is 17.7 Å². The van der Waals surface area contributed by atoms with Gasteiger partial charge >= 0.3 is 0 Å². The van der Waals surface area contributed by atoms with Crippen LogP contribution in [0.1, 0.15) is 32.4 Å². The Kier molecular flexibility index (Phi) is 5.95. The molecular weight excluding hydrogens is 309 g/mol. The third-order valence-corrected chi connectivity index (χ3v) is 3.98. The highest BCUT2D eigenvalue weighted by molar-refractivity contribution is 5.72. The molecule has 1 aromatic heterocycles. The lowest BCUT2D eigenvalue weighted by atomic mass is 10.1. The number of hydrogen-bond acceptors (Lipinski definition) is 5. The Hall–Kier alpha value is -2.37. The van der Waals surface area contributed by atoms with Crippen LogP contribution < -0.4 is 14.8 Å². The zero-order chi connectivity index (χ0) is 17.7. The molecule has 0 bridgehead atoms. The predicted molar refractivity (Wildman–Crippen MR) is 93.3 cm³/mol. The number of ether oxygens (including phenoxy) is 2. The number of anilines is 1. The first kappa shape index (κ1) is 18.0. The second-order valence-electron chi connectivity index (χ2n) is 5.52. The molecule has 0 unspecified atom stereocenters. The maximum Gasteiger partial charge on any atom is 0.242 e. The molecule has 0 spiro atoms. The highest BCUT2D eigenvalue weighted by atomic mass is 19.1. The Morgan fingerprint density at radius 2 is 1.83 bits per heavy atom. The van der Waals surface area contributed by atoms with Crippen LogP contribution in [0.5, 0.6) is 11.6 Å². The lowest BCUT2D eigenvalue weighted by molar-refractivity contribution is 0.395. The second-order valence-corrected chi connectivity index (χ2v) is 5.52. The van der Waals surface area contributed by atoms with Crippen LogP contribution in [0.15, 0.2) is 18.2 Å². The quantitative estimate of drug-likeness (QED) is 0.822. The highest BCUT2D eigenvalue weighted by Crippen LogP contribution is 2.35. The first-order chi connectivity index (χ1) is 11.5. The number of benzene rings is 1. The lowest BCUT2D eigenvalue weighted by Gasteiger charge is -2.19. The second kappa shape index (κ2) is 7.95. The molecule has 0 fully saturated rings. The standard InChI is InChI=1S/C18H24FN3O2/c1-6-13(7-2)21-17-11(3)20-16(18(22-17)24-5)14-9-8-12(19)10-15(14)23-4/h8-10,13H,6-7H2,1-5H3,(H,21,22). The van der Waals surface area contributed by atoms with E-state index in [9.17, 15) is 4.39 Å². The lowest BCUT2D eigenvalue weighted by Crippen LogP contribution is -2.19. The molecule has 0 saturated heterocycles. The zero-order valence-electron chi connectivity index (χ0n) is 14.8. The van der Waals surface area contributed by atoms with Gasteiger partial charge in [-0.25, -0.2) is 9.37 Å². The molecular formula is C18H24FN3O2. The summed E-state index contributed by atoms with van der Waals surface area (Å²) in [7, 11) is 3.04. The molecule has 0 aliphatic carbocycles. The topological polar surface area (TPSA) is 56.3 Å². The van der Waals surface area contributed by atoms with E-state index in [1.54, 1.807) is 13.2 Å². The zero-order valence-corrected chi connectivity index (χ0v) is 14.8. The van der Waals surface area contributed by atoms with Crippen LogP contribution in [-0.2, 0) is 0 Å². The fraction of sp³-hybridized carbons (Fsp3) is 0.444. The molecule has 6 heteroatoms. The van der Waals surface area contributed by atoms with Crippen molar-refractivity contribution in [1.29, 1.82) is 0 Å². The summed E-state index contributed by atoms with van der Waals surface area (Å²) in [5, 5.41) is 3.39. The molecule has 1 aromatic carbocycles. The Labute approximate surface area is 142 Å². The third kappa shape index (κ3) is 3.75. The summed E-state index contributed by atoms with van der Waals surface area (Å²) in [6, 6.07) is 4.63. The fourth-order valence-electron chi connectivity index (χ4n) is 2.51. The van der Waals surface area contributed by atoms with Crippen LogP contribution in [0.3, 0.4) is 0 Å². The van der Waals surface area contributed by atoms with Gasteiger partial charge in [-0.15, -0.1) is 0 Å². The number of nitrogens with zero attached hydrogens (tertiary/aromatic N) is 2. The van der Waals surface area contributed by atoms with E-state index in [1.165, 1.54) is 19.2 Å². The largest absolute Gasteiger partial charge is 0.496 e. The van der Waals surface area contributed by atoms with E-state index in [0.29, 0.717) is 34.7 Å². The number of nitrogens with one attached hydrogen (secondary N) is 1. The van der Waals surface area contributed by atoms with Crippen molar-refractivity contribution >= 4 is 5.82 Å². The molecule has 5 nitrogen and oxygen atoms in total. The Bertz CT molecular complexity index is 703. The first-order valence-electron chi connectivity index (χ1n) is 8.07. The van der Waals surface area contributed by atoms with Gasteiger partial charge in [-0.2, -0.15) is 4.98 Å². The van der Waals surface area contributed by atoms with Crippen molar-refractivity contribution in [3.05, 3.63) is 29.7 Å². The molecule has 0 aliphatic rings. The summed E-state index contributed by atoms with van der Waals surface area (Å²) in [5.74, 6) is 1.10. The Balaban J connectivity index is 2.51. The SMILES string of the molecule is CCC(CC)Nc1nc(OC)c(-c2ccc(F)cc2OC)nc1C. The van der Waals surface area contributed by atoms with Gasteiger partial charge in [-0.3, -0.25) is 0 Å². The van der Waals surface area contributed by atoms with E-state index in [0.717, 1.165) is 18.5 Å². The van der Waals surface area contributed by atoms with Crippen molar-refractivity contribution in [3.63, 3.8) is 0 Å². The van der Waals surface area contributed by atoms with Gasteiger partial charge < -0.3 is 14.8 Å². The summed E-state index contributed by atoms with van der Waals surface area (Å²) < 4.78 is 24.1. The average Bonchev–Trinajstić information content (AvgIpc) is 2.60. The maximum atomic E-state index is 13.4. The molecule has 0 saturated carbocycles. The van der Waals surface area contributed by atoms with E-state index in [4.69, 9.17) is 9.47 Å². The van der Waals surface area contributed by atoms with Crippen molar-refractivity contribution in [3.8, 4) is 22.9 Å². The molecule has 0 atom stereocenters. The Morgan fingerprint density at radius 1 is 1.12 bits per heavy atom. The van der Waals surface area contributed by atoms with E-state index in [2.05, 4.69) is 29.1 Å². The van der Waals surface area contributed by atoms with Crippen molar-refractivity contribution in [2.45, 2.75) is 39.7 Å². The summed E-state index contributed by atoms with van der Waals surface area (Å²) in [5.41, 5.74) is 1.92. The van der Waals surface area contributed by atoms with Crippen LogP contribution in [0, 0.1) is 12.7 Å². The van der Waals surface area contributed by atoms with Crippen molar-refractivity contribution < 1.29 is 13.9 Å². The first-order valence-corrected chi connectivity index (χ1v) is 8.07. The highest BCUT2D eigenvalue weighted by Gasteiger charge is 2.18. The van der Waals surface area contributed by atoms with Gasteiger partial charge in [0.2, 0.25) is 5.88 Å². The monoisotopic (exact) mass is 333 g/mol. The molecule has 24 heavy (non-hydrogen) atoms. The van der Waals surface area contributed by atoms with E-state index >= 15 is 0 Å². The van der Waals surface area contributed by atoms with Crippen LogP contribution in [-0.4, -0.2) is 30.2 Å². The predicted octanol–water partition coefficient (Wildman–Crippen LogP) is 4.21. The molecule has 0 amide bonds. The number of rotatable bonds is 7. The van der Waals surface area contributed by atoms with E-state index in [1.807, 2.05) is 6.92 Å². The smallest absolute Gasteiger partial charge is 0.242 e. The average molecular weight is 333 g/mol. The van der Waals surface area contributed by atoms with E-state index in [-0.39, 0.29) is 5.82 Å². The molecule has 0 aliphatic heterocycles. The molecule has 1 heterocycles. The number of aryl methyl sites for hydroxylation is 1. The minimum Gasteiger partial charge on any atom is -0.496 e. The van der Waals surface area contributed by atoms with Crippen LogP contribution in [0.2, 0.25) is 0 Å². The number of hydrogen-bond donors (Lipinski definition) is 1. The normalized spacial score (nSPS) is 10.8. The van der Waals surface area contributed by atoms with Crippen LogP contribution in [0.25, 0.3) is 11.3 Å². The maximum absolute atomic E-state index is 13.4. The van der Waals surface area contributed by atoms with Gasteiger partial charge in [-0.05, 0) is 31.9 Å². The van der Waals surface area contributed by atoms with Gasteiger partial charge in [0.15, 0.2) is 5.82 Å². The minimum atomic E-state index is -0.369. The number of methoxy groups -OCH3 is 2. The van der Waals surface area contributed by atoms with Gasteiger partial charge in [0.05, 0.1) is 19.9 Å². The van der Waals surface area contributed by atoms with Crippen molar-refractivity contribution in [2.24, 2.45) is 0 Å².